The Kier molecular flexibility index (Phi) is 7.21. The van der Waals surface area contributed by atoms with Crippen molar-refractivity contribution in [2.45, 2.75) is 13.2 Å². The van der Waals surface area contributed by atoms with Crippen molar-refractivity contribution in [3.63, 3.8) is 0 Å². The molecular formula is C24H25NO3. The van der Waals surface area contributed by atoms with Gasteiger partial charge in [0.05, 0.1) is 6.61 Å². The highest BCUT2D eigenvalue weighted by molar-refractivity contribution is 5.95. The molecule has 0 unspecified atom stereocenters. The predicted molar refractivity (Wildman–Crippen MR) is 110 cm³/mol. The van der Waals surface area contributed by atoms with Crippen LogP contribution in [0.4, 0.5) is 0 Å². The number of benzene rings is 3. The molecule has 4 heteroatoms. The fourth-order valence-corrected chi connectivity index (χ4v) is 2.96. The molecule has 0 aromatic heterocycles. The smallest absolute Gasteiger partial charge is 0.254 e. The van der Waals surface area contributed by atoms with Crippen LogP contribution < -0.4 is 4.74 Å². The Morgan fingerprint density at radius 3 is 2.21 bits per heavy atom. The van der Waals surface area contributed by atoms with E-state index in [4.69, 9.17) is 9.47 Å². The molecule has 0 saturated heterocycles. The summed E-state index contributed by atoms with van der Waals surface area (Å²) in [5.41, 5.74) is 2.61. The lowest BCUT2D eigenvalue weighted by atomic mass is 10.1. The van der Waals surface area contributed by atoms with E-state index in [9.17, 15) is 4.79 Å². The summed E-state index contributed by atoms with van der Waals surface area (Å²) >= 11 is 0. The Balaban J connectivity index is 1.78. The molecule has 0 aliphatic rings. The minimum Gasteiger partial charge on any atom is -0.489 e. The first-order valence-electron chi connectivity index (χ1n) is 9.36. The predicted octanol–water partition coefficient (Wildman–Crippen LogP) is 4.55. The Morgan fingerprint density at radius 2 is 1.50 bits per heavy atom. The quantitative estimate of drug-likeness (QED) is 0.551. The van der Waals surface area contributed by atoms with Gasteiger partial charge >= 0.3 is 0 Å². The van der Waals surface area contributed by atoms with Gasteiger partial charge in [0.15, 0.2) is 0 Å². The third kappa shape index (κ3) is 5.44. The van der Waals surface area contributed by atoms with Crippen LogP contribution in [0.2, 0.25) is 0 Å². The van der Waals surface area contributed by atoms with Crippen molar-refractivity contribution in [2.24, 2.45) is 0 Å². The molecule has 0 bridgehead atoms. The SMILES string of the molecule is COCCN(Cc1ccccc1)C(=O)c1ccccc1COc1ccccc1. The number of hydrogen-bond donors (Lipinski definition) is 0. The Bertz CT molecular complexity index is 865. The summed E-state index contributed by atoms with van der Waals surface area (Å²) in [5, 5.41) is 0. The van der Waals surface area contributed by atoms with E-state index in [0.29, 0.717) is 31.9 Å². The number of amides is 1. The van der Waals surface area contributed by atoms with Gasteiger partial charge in [-0.2, -0.15) is 0 Å². The number of carbonyl (C=O) groups excluding carboxylic acids is 1. The van der Waals surface area contributed by atoms with E-state index in [0.717, 1.165) is 16.9 Å². The molecule has 3 aromatic carbocycles. The molecular weight excluding hydrogens is 350 g/mol. The van der Waals surface area contributed by atoms with Crippen molar-refractivity contribution < 1.29 is 14.3 Å². The van der Waals surface area contributed by atoms with E-state index < -0.39 is 0 Å². The molecule has 4 nitrogen and oxygen atoms in total. The molecule has 0 aliphatic heterocycles. The maximum atomic E-state index is 13.3. The maximum absolute atomic E-state index is 13.3. The molecule has 0 N–H and O–H groups in total. The third-order valence-electron chi connectivity index (χ3n) is 4.45. The van der Waals surface area contributed by atoms with Gasteiger partial charge < -0.3 is 14.4 Å². The van der Waals surface area contributed by atoms with Gasteiger partial charge in [-0.15, -0.1) is 0 Å². The molecule has 3 rings (SSSR count). The fraction of sp³-hybridized carbons (Fsp3) is 0.208. The van der Waals surface area contributed by atoms with Crippen LogP contribution in [0.25, 0.3) is 0 Å². The minimum atomic E-state index is -0.0202. The van der Waals surface area contributed by atoms with Crippen LogP contribution in [-0.4, -0.2) is 31.1 Å². The molecule has 0 spiro atoms. The second-order valence-electron chi connectivity index (χ2n) is 6.46. The average Bonchev–Trinajstić information content (AvgIpc) is 2.76. The van der Waals surface area contributed by atoms with Crippen molar-refractivity contribution in [3.05, 3.63) is 102 Å². The normalized spacial score (nSPS) is 10.5. The van der Waals surface area contributed by atoms with E-state index in [1.54, 1.807) is 7.11 Å². The molecule has 144 valence electrons. The molecule has 0 fully saturated rings. The van der Waals surface area contributed by atoms with Gasteiger partial charge in [-0.1, -0.05) is 66.7 Å². The van der Waals surface area contributed by atoms with E-state index in [1.165, 1.54) is 0 Å². The van der Waals surface area contributed by atoms with Crippen LogP contribution in [-0.2, 0) is 17.9 Å². The third-order valence-corrected chi connectivity index (χ3v) is 4.45. The van der Waals surface area contributed by atoms with Gasteiger partial charge in [0.25, 0.3) is 5.91 Å². The summed E-state index contributed by atoms with van der Waals surface area (Å²) in [5.74, 6) is 0.762. The zero-order chi connectivity index (χ0) is 19.6. The highest BCUT2D eigenvalue weighted by Gasteiger charge is 2.19. The summed E-state index contributed by atoms with van der Waals surface area (Å²) in [6, 6.07) is 27.2. The first-order chi connectivity index (χ1) is 13.8. The lowest BCUT2D eigenvalue weighted by Gasteiger charge is -2.24. The summed E-state index contributed by atoms with van der Waals surface area (Å²) in [7, 11) is 1.65. The highest BCUT2D eigenvalue weighted by atomic mass is 16.5. The van der Waals surface area contributed by atoms with Crippen LogP contribution in [0.5, 0.6) is 5.75 Å². The average molecular weight is 375 g/mol. The first kappa shape index (κ1) is 19.6. The molecule has 28 heavy (non-hydrogen) atoms. The van der Waals surface area contributed by atoms with Crippen molar-refractivity contribution in [3.8, 4) is 5.75 Å². The Hall–Kier alpha value is -3.11. The van der Waals surface area contributed by atoms with Gasteiger partial charge in [-0.25, -0.2) is 0 Å². The number of rotatable bonds is 9. The van der Waals surface area contributed by atoms with Crippen molar-refractivity contribution in [1.29, 1.82) is 0 Å². The zero-order valence-electron chi connectivity index (χ0n) is 16.1. The number of nitrogens with zero attached hydrogens (tertiary/aromatic N) is 1. The Morgan fingerprint density at radius 1 is 0.857 bits per heavy atom. The van der Waals surface area contributed by atoms with Gasteiger partial charge in [0, 0.05) is 31.3 Å². The minimum absolute atomic E-state index is 0.0202. The lowest BCUT2D eigenvalue weighted by Crippen LogP contribution is -2.34. The fourth-order valence-electron chi connectivity index (χ4n) is 2.96. The topological polar surface area (TPSA) is 38.8 Å². The summed E-state index contributed by atoms with van der Waals surface area (Å²) in [6.07, 6.45) is 0. The maximum Gasteiger partial charge on any atom is 0.254 e. The molecule has 0 heterocycles. The van der Waals surface area contributed by atoms with Gasteiger partial charge in [-0.3, -0.25) is 4.79 Å². The van der Waals surface area contributed by atoms with Gasteiger partial charge in [0.2, 0.25) is 0 Å². The van der Waals surface area contributed by atoms with Crippen LogP contribution in [0, 0.1) is 0 Å². The van der Waals surface area contributed by atoms with Gasteiger partial charge in [0.1, 0.15) is 12.4 Å². The molecule has 1 amide bonds. The summed E-state index contributed by atoms with van der Waals surface area (Å²) in [6.45, 7) is 1.89. The molecule has 0 atom stereocenters. The summed E-state index contributed by atoms with van der Waals surface area (Å²) < 4.78 is 11.1. The number of carbonyl (C=O) groups is 1. The summed E-state index contributed by atoms with van der Waals surface area (Å²) in [4.78, 5) is 15.1. The monoisotopic (exact) mass is 375 g/mol. The van der Waals surface area contributed by atoms with Crippen LogP contribution in [0.1, 0.15) is 21.5 Å². The van der Waals surface area contributed by atoms with E-state index >= 15 is 0 Å². The van der Waals surface area contributed by atoms with Crippen molar-refractivity contribution >= 4 is 5.91 Å². The lowest BCUT2D eigenvalue weighted by molar-refractivity contribution is 0.0678. The van der Waals surface area contributed by atoms with E-state index in [1.807, 2.05) is 89.8 Å². The Labute approximate surface area is 166 Å². The second-order valence-corrected chi connectivity index (χ2v) is 6.46. The second kappa shape index (κ2) is 10.3. The van der Waals surface area contributed by atoms with E-state index in [-0.39, 0.29) is 5.91 Å². The number of methoxy groups -OCH3 is 1. The molecule has 0 saturated carbocycles. The largest absolute Gasteiger partial charge is 0.489 e. The van der Waals surface area contributed by atoms with Gasteiger partial charge in [-0.05, 0) is 23.8 Å². The van der Waals surface area contributed by atoms with Crippen LogP contribution in [0.3, 0.4) is 0 Å². The highest BCUT2D eigenvalue weighted by Crippen LogP contribution is 2.17. The number of ether oxygens (including phenoxy) is 2. The van der Waals surface area contributed by atoms with Crippen molar-refractivity contribution in [1.82, 2.24) is 4.90 Å². The first-order valence-corrected chi connectivity index (χ1v) is 9.36. The number of para-hydroxylation sites is 1. The molecule has 0 radical (unpaired) electrons. The standard InChI is InChI=1S/C24H25NO3/c1-27-17-16-25(18-20-10-4-2-5-11-20)24(26)23-15-9-8-12-21(23)19-28-22-13-6-3-7-14-22/h2-15H,16-19H2,1H3. The van der Waals surface area contributed by atoms with Crippen LogP contribution in [0.15, 0.2) is 84.9 Å². The zero-order valence-corrected chi connectivity index (χ0v) is 16.1. The van der Waals surface area contributed by atoms with Crippen molar-refractivity contribution in [2.75, 3.05) is 20.3 Å². The van der Waals surface area contributed by atoms with Crippen LogP contribution >= 0.6 is 0 Å². The molecule has 3 aromatic rings. The molecule has 0 aliphatic carbocycles. The van der Waals surface area contributed by atoms with E-state index in [2.05, 4.69) is 0 Å². The number of hydrogen-bond acceptors (Lipinski definition) is 3.